The van der Waals surface area contributed by atoms with Gasteiger partial charge in [0, 0.05) is 24.3 Å². The molecule has 1 aliphatic rings. The molecule has 2 aromatic carbocycles. The first-order chi connectivity index (χ1) is 11.9. The smallest absolute Gasteiger partial charge is 0.254 e. The Morgan fingerprint density at radius 3 is 2.24 bits per heavy atom. The number of halogens is 1. The van der Waals surface area contributed by atoms with Gasteiger partial charge in [0.15, 0.2) is 0 Å². The molecular formula is C20H21FN2O2. The summed E-state index contributed by atoms with van der Waals surface area (Å²) in [4.78, 5) is 28.8. The summed E-state index contributed by atoms with van der Waals surface area (Å²) in [5.74, 6) is -0.743. The Kier molecular flexibility index (Phi) is 4.57. The predicted molar refractivity (Wildman–Crippen MR) is 95.2 cm³/mol. The predicted octanol–water partition coefficient (Wildman–Crippen LogP) is 3.32. The van der Waals surface area contributed by atoms with E-state index in [2.05, 4.69) is 6.07 Å². The normalized spacial score (nSPS) is 17.8. The molecule has 1 heterocycles. The number of nitrogens with zero attached hydrogens (tertiary/aromatic N) is 2. The Bertz CT molecular complexity index is 797. The number of benzene rings is 2. The first-order valence-corrected chi connectivity index (χ1v) is 8.33. The van der Waals surface area contributed by atoms with Crippen LogP contribution in [0.2, 0.25) is 0 Å². The molecule has 130 valence electrons. The molecule has 25 heavy (non-hydrogen) atoms. The first-order valence-electron chi connectivity index (χ1n) is 8.33. The lowest BCUT2D eigenvalue weighted by Crippen LogP contribution is -2.57. The van der Waals surface area contributed by atoms with Gasteiger partial charge in [-0.3, -0.25) is 9.59 Å². The summed E-state index contributed by atoms with van der Waals surface area (Å²) in [5, 5.41) is 0. The van der Waals surface area contributed by atoms with Gasteiger partial charge >= 0.3 is 0 Å². The third-order valence-electron chi connectivity index (χ3n) is 4.53. The largest absolute Gasteiger partial charge is 0.325 e. The van der Waals surface area contributed by atoms with Crippen molar-refractivity contribution in [3.8, 4) is 0 Å². The average molecular weight is 340 g/mol. The van der Waals surface area contributed by atoms with Gasteiger partial charge in [0.05, 0.1) is 0 Å². The molecule has 1 atom stereocenters. The number of carbonyl (C=O) groups excluding carboxylic acids is 2. The van der Waals surface area contributed by atoms with Crippen LogP contribution in [-0.2, 0) is 4.79 Å². The van der Waals surface area contributed by atoms with Crippen LogP contribution in [0.3, 0.4) is 0 Å². The van der Waals surface area contributed by atoms with E-state index in [9.17, 15) is 14.0 Å². The number of amides is 2. The van der Waals surface area contributed by atoms with Gasteiger partial charge in [0.25, 0.3) is 5.91 Å². The van der Waals surface area contributed by atoms with E-state index >= 15 is 0 Å². The van der Waals surface area contributed by atoms with Crippen molar-refractivity contribution in [2.24, 2.45) is 0 Å². The van der Waals surface area contributed by atoms with Crippen molar-refractivity contribution in [1.82, 2.24) is 4.90 Å². The van der Waals surface area contributed by atoms with Crippen LogP contribution in [0, 0.1) is 19.7 Å². The lowest BCUT2D eigenvalue weighted by atomic mass is 10.1. The minimum Gasteiger partial charge on any atom is -0.325 e. The quantitative estimate of drug-likeness (QED) is 0.841. The number of aryl methyl sites for hydroxylation is 2. The fraction of sp³-hybridized carbons (Fsp3) is 0.300. The molecule has 1 unspecified atom stereocenters. The van der Waals surface area contributed by atoms with Gasteiger partial charge in [-0.1, -0.05) is 6.07 Å². The van der Waals surface area contributed by atoms with Gasteiger partial charge in [0.2, 0.25) is 5.91 Å². The molecular weight excluding hydrogens is 319 g/mol. The van der Waals surface area contributed by atoms with Gasteiger partial charge in [-0.2, -0.15) is 0 Å². The zero-order valence-corrected chi connectivity index (χ0v) is 14.6. The van der Waals surface area contributed by atoms with E-state index in [4.69, 9.17) is 0 Å². The molecule has 1 aliphatic heterocycles. The highest BCUT2D eigenvalue weighted by Crippen LogP contribution is 2.24. The summed E-state index contributed by atoms with van der Waals surface area (Å²) < 4.78 is 13.0. The summed E-state index contributed by atoms with van der Waals surface area (Å²) in [5.41, 5.74) is 3.45. The Morgan fingerprint density at radius 2 is 1.64 bits per heavy atom. The molecule has 0 aromatic heterocycles. The molecule has 0 saturated carbocycles. The maximum atomic E-state index is 13.0. The van der Waals surface area contributed by atoms with E-state index in [1.54, 1.807) is 16.7 Å². The monoisotopic (exact) mass is 340 g/mol. The second kappa shape index (κ2) is 6.67. The maximum Gasteiger partial charge on any atom is 0.254 e. The van der Waals surface area contributed by atoms with Crippen LogP contribution >= 0.6 is 0 Å². The fourth-order valence-corrected chi connectivity index (χ4v) is 3.27. The number of carbonyl (C=O) groups is 2. The molecule has 0 N–H and O–H groups in total. The van der Waals surface area contributed by atoms with Gasteiger partial charge in [-0.05, 0) is 68.3 Å². The van der Waals surface area contributed by atoms with Crippen LogP contribution in [0.25, 0.3) is 0 Å². The summed E-state index contributed by atoms with van der Waals surface area (Å²) in [7, 11) is 0. The Balaban J connectivity index is 1.81. The van der Waals surface area contributed by atoms with Crippen LogP contribution in [0.4, 0.5) is 10.1 Å². The molecule has 4 nitrogen and oxygen atoms in total. The molecule has 0 aliphatic carbocycles. The molecule has 0 spiro atoms. The summed E-state index contributed by atoms with van der Waals surface area (Å²) in [6, 6.07) is 10.9. The minimum absolute atomic E-state index is 0.105. The molecule has 1 saturated heterocycles. The van der Waals surface area contributed by atoms with Crippen molar-refractivity contribution in [3.05, 3.63) is 65.0 Å². The lowest BCUT2D eigenvalue weighted by molar-refractivity contribution is -0.124. The Hall–Kier alpha value is -2.69. The Morgan fingerprint density at radius 1 is 1.04 bits per heavy atom. The third-order valence-corrected chi connectivity index (χ3v) is 4.53. The van der Waals surface area contributed by atoms with Crippen molar-refractivity contribution in [2.75, 3.05) is 18.0 Å². The van der Waals surface area contributed by atoms with Crippen LogP contribution in [0.15, 0.2) is 42.5 Å². The van der Waals surface area contributed by atoms with Gasteiger partial charge < -0.3 is 9.80 Å². The molecule has 0 bridgehead atoms. The number of anilines is 1. The first kappa shape index (κ1) is 17.1. The highest BCUT2D eigenvalue weighted by Gasteiger charge is 2.35. The molecule has 1 fully saturated rings. The highest BCUT2D eigenvalue weighted by molar-refractivity contribution is 6.03. The number of hydrogen-bond acceptors (Lipinski definition) is 2. The molecule has 2 aromatic rings. The zero-order chi connectivity index (χ0) is 18.1. The minimum atomic E-state index is -0.563. The zero-order valence-electron chi connectivity index (χ0n) is 14.6. The average Bonchev–Trinajstić information content (AvgIpc) is 2.56. The van der Waals surface area contributed by atoms with Crippen LogP contribution in [-0.4, -0.2) is 35.8 Å². The summed E-state index contributed by atoms with van der Waals surface area (Å²) in [6.45, 7) is 6.62. The van der Waals surface area contributed by atoms with E-state index in [1.165, 1.54) is 24.3 Å². The van der Waals surface area contributed by atoms with Crippen molar-refractivity contribution in [1.29, 1.82) is 0 Å². The van der Waals surface area contributed by atoms with E-state index in [-0.39, 0.29) is 17.6 Å². The molecule has 3 rings (SSSR count). The van der Waals surface area contributed by atoms with Crippen molar-refractivity contribution in [3.63, 3.8) is 0 Å². The van der Waals surface area contributed by atoms with Gasteiger partial charge in [0.1, 0.15) is 11.9 Å². The van der Waals surface area contributed by atoms with E-state index in [0.29, 0.717) is 18.7 Å². The molecule has 0 radical (unpaired) electrons. The third kappa shape index (κ3) is 3.40. The SMILES string of the molecule is Cc1cc(C)cc(N2CCN(C(=O)c3ccc(F)cc3)C(C)C2=O)c1. The van der Waals surface area contributed by atoms with Crippen LogP contribution in [0.1, 0.15) is 28.4 Å². The summed E-state index contributed by atoms with van der Waals surface area (Å²) in [6.07, 6.45) is 0. The number of hydrogen-bond donors (Lipinski definition) is 0. The standard InChI is InChI=1S/C20H21FN2O2/c1-13-10-14(2)12-18(11-13)23-9-8-22(15(3)19(23)24)20(25)16-4-6-17(21)7-5-16/h4-7,10-12,15H,8-9H2,1-3H3. The van der Waals surface area contributed by atoms with E-state index < -0.39 is 6.04 Å². The summed E-state index contributed by atoms with van der Waals surface area (Å²) >= 11 is 0. The van der Waals surface area contributed by atoms with Crippen molar-refractivity contribution in [2.45, 2.75) is 26.8 Å². The Labute approximate surface area is 146 Å². The topological polar surface area (TPSA) is 40.6 Å². The van der Waals surface area contributed by atoms with Gasteiger partial charge in [-0.15, -0.1) is 0 Å². The van der Waals surface area contributed by atoms with Crippen LogP contribution in [0.5, 0.6) is 0 Å². The van der Waals surface area contributed by atoms with Crippen molar-refractivity contribution < 1.29 is 14.0 Å². The highest BCUT2D eigenvalue weighted by atomic mass is 19.1. The molecule has 2 amide bonds. The van der Waals surface area contributed by atoms with Crippen molar-refractivity contribution >= 4 is 17.5 Å². The second-order valence-electron chi connectivity index (χ2n) is 6.52. The molecule has 5 heteroatoms. The lowest BCUT2D eigenvalue weighted by Gasteiger charge is -2.39. The van der Waals surface area contributed by atoms with E-state index in [0.717, 1.165) is 16.8 Å². The second-order valence-corrected chi connectivity index (χ2v) is 6.52. The fourth-order valence-electron chi connectivity index (χ4n) is 3.27. The van der Waals surface area contributed by atoms with E-state index in [1.807, 2.05) is 26.0 Å². The van der Waals surface area contributed by atoms with Gasteiger partial charge in [-0.25, -0.2) is 4.39 Å². The number of rotatable bonds is 2. The van der Waals surface area contributed by atoms with Crippen LogP contribution < -0.4 is 4.90 Å². The maximum absolute atomic E-state index is 13.0. The number of piperazine rings is 1.